The summed E-state index contributed by atoms with van der Waals surface area (Å²) in [4.78, 5) is 29.5. The predicted molar refractivity (Wildman–Crippen MR) is 123 cm³/mol. The largest absolute Gasteiger partial charge is 0.360 e. The molecule has 3 aromatic heterocycles. The first kappa shape index (κ1) is 19.7. The Morgan fingerprint density at radius 3 is 2.90 bits per heavy atom. The summed E-state index contributed by atoms with van der Waals surface area (Å²) in [5.41, 5.74) is 3.50. The second kappa shape index (κ2) is 8.13. The fraction of sp³-hybridized carbons (Fsp3) is 0.417. The van der Waals surface area contributed by atoms with Crippen molar-refractivity contribution in [2.24, 2.45) is 5.92 Å². The average molecular weight is 417 g/mol. The number of aromatic nitrogens is 5. The van der Waals surface area contributed by atoms with Crippen molar-refractivity contribution in [1.29, 1.82) is 0 Å². The lowest BCUT2D eigenvalue weighted by atomic mass is 10.0. The van der Waals surface area contributed by atoms with Crippen LogP contribution < -0.4 is 10.9 Å². The first-order valence-corrected chi connectivity index (χ1v) is 11.2. The summed E-state index contributed by atoms with van der Waals surface area (Å²) in [5.74, 6) is 1.41. The van der Waals surface area contributed by atoms with E-state index in [0.29, 0.717) is 11.5 Å². The van der Waals surface area contributed by atoms with Gasteiger partial charge in [0, 0.05) is 12.2 Å². The Hall–Kier alpha value is -3.22. The predicted octanol–water partition coefficient (Wildman–Crippen LogP) is 4.73. The van der Waals surface area contributed by atoms with E-state index in [9.17, 15) is 4.79 Å². The van der Waals surface area contributed by atoms with E-state index in [1.54, 1.807) is 6.33 Å². The molecule has 1 aliphatic rings. The molecule has 1 unspecified atom stereocenters. The first-order valence-electron chi connectivity index (χ1n) is 11.2. The van der Waals surface area contributed by atoms with Gasteiger partial charge in [-0.25, -0.2) is 15.0 Å². The van der Waals surface area contributed by atoms with Gasteiger partial charge in [-0.15, -0.1) is 0 Å². The van der Waals surface area contributed by atoms with Gasteiger partial charge in [0.25, 0.3) is 5.56 Å². The van der Waals surface area contributed by atoms with Crippen molar-refractivity contribution in [1.82, 2.24) is 24.5 Å². The molecule has 0 bridgehead atoms. The summed E-state index contributed by atoms with van der Waals surface area (Å²) in [6, 6.07) is 8.10. The number of hydrogen-bond acceptors (Lipinski definition) is 5. The highest BCUT2D eigenvalue weighted by Gasteiger charge is 2.20. The molecule has 31 heavy (non-hydrogen) atoms. The van der Waals surface area contributed by atoms with Crippen LogP contribution in [0.2, 0.25) is 0 Å². The molecule has 5 rings (SSSR count). The number of benzene rings is 1. The third-order valence-electron chi connectivity index (χ3n) is 6.63. The number of H-pyrrole nitrogens is 1. The Kier molecular flexibility index (Phi) is 5.18. The normalized spacial score (nSPS) is 15.7. The molecule has 0 aliphatic heterocycles. The number of anilines is 1. The van der Waals surface area contributed by atoms with Crippen molar-refractivity contribution in [3.63, 3.8) is 0 Å². The highest BCUT2D eigenvalue weighted by atomic mass is 16.1. The van der Waals surface area contributed by atoms with Crippen LogP contribution in [0.5, 0.6) is 0 Å². The van der Waals surface area contributed by atoms with Crippen molar-refractivity contribution in [3.05, 3.63) is 58.5 Å². The number of nitrogens with one attached hydrogen (secondary N) is 2. The minimum Gasteiger partial charge on any atom is -0.360 e. The zero-order chi connectivity index (χ0) is 21.4. The van der Waals surface area contributed by atoms with Gasteiger partial charge in [0.05, 0.1) is 17.8 Å². The van der Waals surface area contributed by atoms with Crippen LogP contribution in [0.25, 0.3) is 21.9 Å². The summed E-state index contributed by atoms with van der Waals surface area (Å²) in [6.45, 7) is 4.84. The number of nitrogens with zero attached hydrogens (tertiary/aromatic N) is 4. The minimum absolute atomic E-state index is 0.103. The lowest BCUT2D eigenvalue weighted by Gasteiger charge is -2.22. The van der Waals surface area contributed by atoms with Crippen LogP contribution >= 0.6 is 0 Å². The van der Waals surface area contributed by atoms with Gasteiger partial charge in [0.15, 0.2) is 11.5 Å². The molecule has 1 saturated carbocycles. The van der Waals surface area contributed by atoms with Crippen molar-refractivity contribution in [2.75, 3.05) is 5.32 Å². The lowest BCUT2D eigenvalue weighted by Crippen LogP contribution is -2.28. The third-order valence-corrected chi connectivity index (χ3v) is 6.63. The third kappa shape index (κ3) is 3.69. The number of aromatic amines is 1. The van der Waals surface area contributed by atoms with Crippen molar-refractivity contribution < 1.29 is 0 Å². The molecule has 4 aromatic rings. The lowest BCUT2D eigenvalue weighted by molar-refractivity contribution is 0.445. The molecule has 1 atom stereocenters. The molecule has 1 fully saturated rings. The molecule has 0 spiro atoms. The molecule has 1 aromatic carbocycles. The van der Waals surface area contributed by atoms with E-state index in [1.165, 1.54) is 32.0 Å². The van der Waals surface area contributed by atoms with Crippen LogP contribution in [0.1, 0.15) is 56.3 Å². The summed E-state index contributed by atoms with van der Waals surface area (Å²) in [6.07, 6.45) is 9.37. The zero-order valence-electron chi connectivity index (χ0n) is 18.1. The maximum absolute atomic E-state index is 13.6. The summed E-state index contributed by atoms with van der Waals surface area (Å²) < 4.78 is 1.98. The van der Waals surface area contributed by atoms with Gasteiger partial charge in [-0.05, 0) is 43.2 Å². The van der Waals surface area contributed by atoms with Crippen LogP contribution in [-0.4, -0.2) is 24.5 Å². The highest BCUT2D eigenvalue weighted by Crippen LogP contribution is 2.29. The Morgan fingerprint density at radius 1 is 1.23 bits per heavy atom. The Morgan fingerprint density at radius 2 is 2.06 bits per heavy atom. The van der Waals surface area contributed by atoms with Gasteiger partial charge in [0.2, 0.25) is 0 Å². The van der Waals surface area contributed by atoms with Gasteiger partial charge in [-0.2, -0.15) is 0 Å². The van der Waals surface area contributed by atoms with Crippen molar-refractivity contribution in [3.8, 4) is 0 Å². The van der Waals surface area contributed by atoms with E-state index in [4.69, 9.17) is 0 Å². The number of pyridine rings is 1. The quantitative estimate of drug-likeness (QED) is 0.474. The van der Waals surface area contributed by atoms with E-state index in [1.807, 2.05) is 29.7 Å². The standard InChI is InChI=1S/C24H28N6O/c1-15-6-5-9-18-12-19(16(2)29-23-21-22(26-13-25-21)27-14-28-23)30(24(31)20(15)18)11-10-17-7-3-4-8-17/h5-6,9,12-14,16-17H,3-4,7-8,10-11H2,1-2H3,(H2,25,26,27,28,29). The van der Waals surface area contributed by atoms with Gasteiger partial charge < -0.3 is 14.9 Å². The van der Waals surface area contributed by atoms with Crippen LogP contribution in [0, 0.1) is 12.8 Å². The van der Waals surface area contributed by atoms with Crippen LogP contribution in [-0.2, 0) is 6.54 Å². The Labute approximate surface area is 181 Å². The molecular formula is C24H28N6O. The number of fused-ring (bicyclic) bond motifs is 2. The fourth-order valence-electron chi connectivity index (χ4n) is 4.95. The molecule has 7 nitrogen and oxygen atoms in total. The topological polar surface area (TPSA) is 88.5 Å². The molecule has 0 radical (unpaired) electrons. The molecule has 2 N–H and O–H groups in total. The summed E-state index contributed by atoms with van der Waals surface area (Å²) in [5, 5.41) is 5.29. The molecule has 3 heterocycles. The van der Waals surface area contributed by atoms with Gasteiger partial charge in [-0.3, -0.25) is 4.79 Å². The average Bonchev–Trinajstić information content (AvgIpc) is 3.45. The smallest absolute Gasteiger partial charge is 0.258 e. The Bertz CT molecular complexity index is 1280. The molecule has 160 valence electrons. The summed E-state index contributed by atoms with van der Waals surface area (Å²) >= 11 is 0. The van der Waals surface area contributed by atoms with Gasteiger partial charge in [0.1, 0.15) is 11.8 Å². The second-order valence-electron chi connectivity index (χ2n) is 8.69. The maximum atomic E-state index is 13.6. The van der Waals surface area contributed by atoms with Crippen LogP contribution in [0.3, 0.4) is 0 Å². The molecule has 0 amide bonds. The Balaban J connectivity index is 1.55. The maximum Gasteiger partial charge on any atom is 0.258 e. The molecule has 0 saturated heterocycles. The number of aryl methyl sites for hydroxylation is 1. The first-order chi connectivity index (χ1) is 15.1. The number of rotatable bonds is 6. The van der Waals surface area contributed by atoms with Crippen molar-refractivity contribution in [2.45, 2.75) is 58.5 Å². The minimum atomic E-state index is -0.109. The molecular weight excluding hydrogens is 388 g/mol. The highest BCUT2D eigenvalue weighted by molar-refractivity contribution is 5.85. The summed E-state index contributed by atoms with van der Waals surface area (Å²) in [7, 11) is 0. The van der Waals surface area contributed by atoms with Gasteiger partial charge >= 0.3 is 0 Å². The monoisotopic (exact) mass is 416 g/mol. The number of hydrogen-bond donors (Lipinski definition) is 2. The fourth-order valence-corrected chi connectivity index (χ4v) is 4.95. The van der Waals surface area contributed by atoms with E-state index in [-0.39, 0.29) is 11.6 Å². The zero-order valence-corrected chi connectivity index (χ0v) is 18.1. The van der Waals surface area contributed by atoms with Crippen LogP contribution in [0.4, 0.5) is 5.82 Å². The molecule has 7 heteroatoms. The second-order valence-corrected chi connectivity index (χ2v) is 8.69. The van der Waals surface area contributed by atoms with E-state index < -0.39 is 0 Å². The van der Waals surface area contributed by atoms with Crippen LogP contribution in [0.15, 0.2) is 41.7 Å². The van der Waals surface area contributed by atoms with Crippen molar-refractivity contribution >= 4 is 27.8 Å². The van der Waals surface area contributed by atoms with E-state index >= 15 is 0 Å². The molecule has 1 aliphatic carbocycles. The SMILES string of the molecule is Cc1cccc2cc(C(C)Nc3ncnc4nc[nH]c34)n(CCC3CCCC3)c(=O)c12. The van der Waals surface area contributed by atoms with E-state index in [0.717, 1.165) is 46.4 Å². The van der Waals surface area contributed by atoms with Gasteiger partial charge in [-0.1, -0.05) is 43.9 Å². The van der Waals surface area contributed by atoms with E-state index in [2.05, 4.69) is 38.2 Å². The number of imidazole rings is 1.